The third-order valence-corrected chi connectivity index (χ3v) is 3.16. The van der Waals surface area contributed by atoms with Crippen molar-refractivity contribution >= 4 is 10.0 Å². The molecule has 66 valence electrons. The average molecular weight is 178 g/mol. The van der Waals surface area contributed by atoms with E-state index < -0.39 is 10.0 Å². The summed E-state index contributed by atoms with van der Waals surface area (Å²) < 4.78 is 23.5. The number of nitrogens with two attached hydrogens (primary N) is 1. The van der Waals surface area contributed by atoms with Crippen LogP contribution in [0.1, 0.15) is 12.8 Å². The van der Waals surface area contributed by atoms with Gasteiger partial charge in [0, 0.05) is 19.1 Å². The molecule has 0 amide bonds. The maximum absolute atomic E-state index is 11.0. The summed E-state index contributed by atoms with van der Waals surface area (Å²) >= 11 is 0. The normalized spacial score (nSPS) is 28.7. The van der Waals surface area contributed by atoms with Gasteiger partial charge in [-0.1, -0.05) is 0 Å². The lowest BCUT2D eigenvalue weighted by Crippen LogP contribution is -2.45. The lowest BCUT2D eigenvalue weighted by molar-refractivity contribution is 0.318. The molecule has 2 N–H and O–H groups in total. The summed E-state index contributed by atoms with van der Waals surface area (Å²) in [5, 5.41) is 0. The van der Waals surface area contributed by atoms with E-state index in [2.05, 4.69) is 0 Å². The number of nitrogens with zero attached hydrogens (tertiary/aromatic N) is 1. The quantitative estimate of drug-likeness (QED) is 0.581. The first-order valence-corrected chi connectivity index (χ1v) is 5.55. The first kappa shape index (κ1) is 8.96. The van der Waals surface area contributed by atoms with Crippen LogP contribution in [0.3, 0.4) is 0 Å². The fourth-order valence-corrected chi connectivity index (χ4v) is 2.20. The second-order valence-corrected chi connectivity index (χ2v) is 5.01. The topological polar surface area (TPSA) is 63.4 Å². The molecule has 0 bridgehead atoms. The van der Waals surface area contributed by atoms with E-state index in [4.69, 9.17) is 5.73 Å². The van der Waals surface area contributed by atoms with Crippen LogP contribution in [-0.2, 0) is 10.0 Å². The SMILES string of the molecule is CS(=O)(=O)N1CCC[C@H](N)C1. The molecule has 0 radical (unpaired) electrons. The van der Waals surface area contributed by atoms with Crippen molar-refractivity contribution in [1.82, 2.24) is 4.31 Å². The molecular weight excluding hydrogens is 164 g/mol. The van der Waals surface area contributed by atoms with Gasteiger partial charge in [0.05, 0.1) is 6.26 Å². The minimum absolute atomic E-state index is 0.0264. The smallest absolute Gasteiger partial charge is 0.211 e. The molecule has 0 aliphatic carbocycles. The van der Waals surface area contributed by atoms with Gasteiger partial charge in [0.1, 0.15) is 0 Å². The van der Waals surface area contributed by atoms with E-state index in [0.717, 1.165) is 12.8 Å². The molecule has 4 nitrogen and oxygen atoms in total. The Morgan fingerprint density at radius 3 is 2.55 bits per heavy atom. The van der Waals surface area contributed by atoms with Crippen LogP contribution in [-0.4, -0.2) is 38.1 Å². The molecule has 1 heterocycles. The Balaban J connectivity index is 2.60. The van der Waals surface area contributed by atoms with Crippen molar-refractivity contribution in [3.8, 4) is 0 Å². The van der Waals surface area contributed by atoms with Crippen LogP contribution in [0.15, 0.2) is 0 Å². The van der Waals surface area contributed by atoms with E-state index in [1.54, 1.807) is 0 Å². The second-order valence-electron chi connectivity index (χ2n) is 3.02. The molecule has 0 unspecified atom stereocenters. The van der Waals surface area contributed by atoms with E-state index in [-0.39, 0.29) is 6.04 Å². The molecule has 1 fully saturated rings. The summed E-state index contributed by atoms with van der Waals surface area (Å²) in [4.78, 5) is 0. The van der Waals surface area contributed by atoms with Gasteiger partial charge in [0.25, 0.3) is 0 Å². The molecule has 0 aromatic heterocycles. The molecule has 0 aromatic carbocycles. The highest BCUT2D eigenvalue weighted by molar-refractivity contribution is 7.88. The minimum Gasteiger partial charge on any atom is -0.327 e. The Hall–Kier alpha value is -0.130. The summed E-state index contributed by atoms with van der Waals surface area (Å²) in [6.45, 7) is 1.12. The lowest BCUT2D eigenvalue weighted by atomic mass is 10.1. The zero-order valence-corrected chi connectivity index (χ0v) is 7.47. The molecule has 5 heteroatoms. The highest BCUT2D eigenvalue weighted by Crippen LogP contribution is 2.10. The van der Waals surface area contributed by atoms with E-state index in [9.17, 15) is 8.42 Å². The van der Waals surface area contributed by atoms with Gasteiger partial charge < -0.3 is 5.73 Å². The summed E-state index contributed by atoms with van der Waals surface area (Å²) in [6.07, 6.45) is 3.05. The van der Waals surface area contributed by atoms with E-state index in [1.165, 1.54) is 10.6 Å². The fourth-order valence-electron chi connectivity index (χ4n) is 1.28. The molecular formula is C6H14N2O2S. The fraction of sp³-hybridized carbons (Fsp3) is 1.00. The second kappa shape index (κ2) is 3.08. The maximum Gasteiger partial charge on any atom is 0.211 e. The zero-order valence-electron chi connectivity index (χ0n) is 6.66. The van der Waals surface area contributed by atoms with Crippen LogP contribution in [0.25, 0.3) is 0 Å². The Labute approximate surface area is 67.4 Å². The van der Waals surface area contributed by atoms with Gasteiger partial charge in [-0.25, -0.2) is 12.7 Å². The predicted molar refractivity (Wildman–Crippen MR) is 43.6 cm³/mol. The van der Waals surface area contributed by atoms with Gasteiger partial charge in [0.15, 0.2) is 0 Å². The van der Waals surface area contributed by atoms with Crippen molar-refractivity contribution in [3.63, 3.8) is 0 Å². The monoisotopic (exact) mass is 178 g/mol. The standard InChI is InChI=1S/C6H14N2O2S/c1-11(9,10)8-4-2-3-6(7)5-8/h6H,2-5,7H2,1H3/t6-/m0/s1. The Bertz CT molecular complexity index is 225. The van der Waals surface area contributed by atoms with Crippen LogP contribution >= 0.6 is 0 Å². The highest BCUT2D eigenvalue weighted by atomic mass is 32.2. The van der Waals surface area contributed by atoms with Gasteiger partial charge in [-0.05, 0) is 12.8 Å². The first-order valence-electron chi connectivity index (χ1n) is 3.71. The third kappa shape index (κ3) is 2.43. The van der Waals surface area contributed by atoms with Crippen LogP contribution < -0.4 is 5.73 Å². The molecule has 1 saturated heterocycles. The molecule has 0 saturated carbocycles. The Morgan fingerprint density at radius 1 is 1.55 bits per heavy atom. The van der Waals surface area contributed by atoms with Crippen LogP contribution in [0.2, 0.25) is 0 Å². The molecule has 11 heavy (non-hydrogen) atoms. The van der Waals surface area contributed by atoms with Crippen molar-refractivity contribution < 1.29 is 8.42 Å². The summed E-state index contributed by atoms with van der Waals surface area (Å²) in [6, 6.07) is 0.0264. The van der Waals surface area contributed by atoms with Crippen LogP contribution in [0.4, 0.5) is 0 Å². The Morgan fingerprint density at radius 2 is 2.18 bits per heavy atom. The van der Waals surface area contributed by atoms with Crippen LogP contribution in [0, 0.1) is 0 Å². The highest BCUT2D eigenvalue weighted by Gasteiger charge is 2.23. The van der Waals surface area contributed by atoms with Gasteiger partial charge in [-0.15, -0.1) is 0 Å². The van der Waals surface area contributed by atoms with Crippen molar-refractivity contribution in [2.45, 2.75) is 18.9 Å². The Kier molecular flexibility index (Phi) is 2.51. The van der Waals surface area contributed by atoms with Gasteiger partial charge in [-0.3, -0.25) is 0 Å². The largest absolute Gasteiger partial charge is 0.327 e. The molecule has 1 aliphatic rings. The van der Waals surface area contributed by atoms with Gasteiger partial charge in [0.2, 0.25) is 10.0 Å². The van der Waals surface area contributed by atoms with Crippen molar-refractivity contribution in [3.05, 3.63) is 0 Å². The number of hydrogen-bond donors (Lipinski definition) is 1. The number of sulfonamides is 1. The van der Waals surface area contributed by atoms with Crippen LogP contribution in [0.5, 0.6) is 0 Å². The maximum atomic E-state index is 11.0. The molecule has 0 aromatic rings. The van der Waals surface area contributed by atoms with Crippen molar-refractivity contribution in [2.75, 3.05) is 19.3 Å². The molecule has 1 atom stereocenters. The van der Waals surface area contributed by atoms with Gasteiger partial charge >= 0.3 is 0 Å². The predicted octanol–water partition coefficient (Wildman–Crippen LogP) is -0.631. The molecule has 1 aliphatic heterocycles. The zero-order chi connectivity index (χ0) is 8.48. The summed E-state index contributed by atoms with van der Waals surface area (Å²) in [5.41, 5.74) is 5.62. The van der Waals surface area contributed by atoms with E-state index >= 15 is 0 Å². The molecule has 0 spiro atoms. The summed E-state index contributed by atoms with van der Waals surface area (Å²) in [5.74, 6) is 0. The number of hydrogen-bond acceptors (Lipinski definition) is 3. The van der Waals surface area contributed by atoms with Crippen molar-refractivity contribution in [1.29, 1.82) is 0 Å². The number of rotatable bonds is 1. The summed E-state index contributed by atoms with van der Waals surface area (Å²) in [7, 11) is -3.01. The lowest BCUT2D eigenvalue weighted by Gasteiger charge is -2.28. The molecule has 1 rings (SSSR count). The number of piperidine rings is 1. The van der Waals surface area contributed by atoms with Gasteiger partial charge in [-0.2, -0.15) is 0 Å². The van der Waals surface area contributed by atoms with E-state index in [1.807, 2.05) is 0 Å². The van der Waals surface area contributed by atoms with E-state index in [0.29, 0.717) is 13.1 Å². The minimum atomic E-state index is -3.01. The van der Waals surface area contributed by atoms with Crippen molar-refractivity contribution in [2.24, 2.45) is 5.73 Å². The third-order valence-electron chi connectivity index (χ3n) is 1.89. The average Bonchev–Trinajstić information content (AvgIpc) is 1.86. The first-order chi connectivity index (χ1) is 5.00.